The number of nitrogens with zero attached hydrogens (tertiary/aromatic N) is 1. The maximum atomic E-state index is 12.6. The minimum absolute atomic E-state index is 0.0248. The Hall–Kier alpha value is -3.77. The van der Waals surface area contributed by atoms with Gasteiger partial charge in [-0.15, -0.1) is 11.8 Å². The zero-order valence-corrected chi connectivity index (χ0v) is 21.0. The van der Waals surface area contributed by atoms with Crippen LogP contribution >= 0.6 is 11.8 Å². The summed E-state index contributed by atoms with van der Waals surface area (Å²) in [6, 6.07) is 27.9. The van der Waals surface area contributed by atoms with Crippen molar-refractivity contribution in [2.45, 2.75) is 31.2 Å². The monoisotopic (exact) mass is 499 g/mol. The molecule has 1 heterocycles. The van der Waals surface area contributed by atoms with Crippen LogP contribution in [0.2, 0.25) is 0 Å². The second-order valence-corrected chi connectivity index (χ2v) is 9.65. The van der Waals surface area contributed by atoms with E-state index < -0.39 is 5.97 Å². The molecule has 0 atom stereocenters. The number of hydrogen-bond donors (Lipinski definition) is 1. The van der Waals surface area contributed by atoms with Crippen molar-refractivity contribution < 1.29 is 14.6 Å². The fourth-order valence-corrected chi connectivity index (χ4v) is 4.94. The van der Waals surface area contributed by atoms with Crippen molar-refractivity contribution in [3.8, 4) is 28.0 Å². The highest BCUT2D eigenvalue weighted by Gasteiger charge is 2.10. The summed E-state index contributed by atoms with van der Waals surface area (Å²) in [5, 5.41) is 8.74. The van der Waals surface area contributed by atoms with E-state index in [-0.39, 0.29) is 12.0 Å². The minimum Gasteiger partial charge on any atom is -0.494 e. The number of pyridine rings is 1. The number of rotatable bonds is 11. The molecule has 0 bridgehead atoms. The molecule has 0 fully saturated rings. The molecule has 0 radical (unpaired) electrons. The third-order valence-corrected chi connectivity index (χ3v) is 6.84. The molecule has 36 heavy (non-hydrogen) atoms. The molecule has 0 spiro atoms. The normalized spacial score (nSPS) is 10.8. The topological polar surface area (TPSA) is 68.5 Å². The highest BCUT2D eigenvalue weighted by molar-refractivity contribution is 7.99. The quantitative estimate of drug-likeness (QED) is 0.188. The summed E-state index contributed by atoms with van der Waals surface area (Å²) in [5.74, 6) is 0.629. The van der Waals surface area contributed by atoms with Gasteiger partial charge in [-0.3, -0.25) is 9.59 Å². The predicted molar refractivity (Wildman–Crippen MR) is 146 cm³/mol. The molecule has 1 aromatic heterocycles. The van der Waals surface area contributed by atoms with Gasteiger partial charge in [-0.05, 0) is 65.4 Å². The number of ether oxygens (including phenoxy) is 1. The largest absolute Gasteiger partial charge is 0.494 e. The van der Waals surface area contributed by atoms with Crippen LogP contribution in [0, 0.1) is 6.92 Å². The maximum Gasteiger partial charge on any atom is 0.303 e. The Labute approximate surface area is 215 Å². The van der Waals surface area contributed by atoms with Gasteiger partial charge in [0, 0.05) is 35.9 Å². The summed E-state index contributed by atoms with van der Waals surface area (Å²) in [6.07, 6.45) is 2.51. The van der Waals surface area contributed by atoms with Gasteiger partial charge in [0.15, 0.2) is 0 Å². The van der Waals surface area contributed by atoms with Gasteiger partial charge in [-0.25, -0.2) is 0 Å². The van der Waals surface area contributed by atoms with E-state index in [9.17, 15) is 9.59 Å². The van der Waals surface area contributed by atoms with Crippen LogP contribution in [0.15, 0.2) is 101 Å². The van der Waals surface area contributed by atoms with Gasteiger partial charge in [-0.1, -0.05) is 54.6 Å². The zero-order chi connectivity index (χ0) is 25.3. The minimum atomic E-state index is -0.819. The smallest absolute Gasteiger partial charge is 0.303 e. The number of benzene rings is 3. The summed E-state index contributed by atoms with van der Waals surface area (Å²) in [5.41, 5.74) is 5.63. The Kier molecular flexibility index (Phi) is 8.63. The Bertz CT molecular complexity index is 1400. The lowest BCUT2D eigenvalue weighted by Crippen LogP contribution is -2.19. The Morgan fingerprint density at radius 3 is 2.44 bits per heavy atom. The molecule has 0 saturated heterocycles. The number of thioether (sulfide) groups is 1. The van der Waals surface area contributed by atoms with Crippen LogP contribution in [0.4, 0.5) is 0 Å². The SMILES string of the molecule is Cc1ccccc1-c1ccccc1-c1ccc(=O)n(CCSc2cccc(OCCCC(=O)O)c2)c1. The first kappa shape index (κ1) is 25.3. The van der Waals surface area contributed by atoms with Crippen LogP contribution in [-0.4, -0.2) is 28.0 Å². The number of carboxylic acid groups (broad SMARTS) is 1. The van der Waals surface area contributed by atoms with Gasteiger partial charge < -0.3 is 14.4 Å². The van der Waals surface area contributed by atoms with Crippen LogP contribution in [0.5, 0.6) is 5.75 Å². The van der Waals surface area contributed by atoms with Crippen molar-refractivity contribution in [2.75, 3.05) is 12.4 Å². The molecule has 0 aliphatic rings. The fraction of sp³-hybridized carbons (Fsp3) is 0.200. The van der Waals surface area contributed by atoms with Crippen molar-refractivity contribution >= 4 is 17.7 Å². The van der Waals surface area contributed by atoms with E-state index in [4.69, 9.17) is 9.84 Å². The molecular formula is C30H29NO4S. The van der Waals surface area contributed by atoms with Gasteiger partial charge in [0.2, 0.25) is 0 Å². The molecule has 4 rings (SSSR count). The lowest BCUT2D eigenvalue weighted by Gasteiger charge is -2.14. The van der Waals surface area contributed by atoms with Gasteiger partial charge >= 0.3 is 5.97 Å². The number of hydrogen-bond acceptors (Lipinski definition) is 4. The molecule has 5 nitrogen and oxygen atoms in total. The number of aromatic nitrogens is 1. The van der Waals surface area contributed by atoms with Crippen LogP contribution in [-0.2, 0) is 11.3 Å². The van der Waals surface area contributed by atoms with Gasteiger partial charge in [-0.2, -0.15) is 0 Å². The van der Waals surface area contributed by atoms with E-state index in [0.29, 0.717) is 19.6 Å². The zero-order valence-electron chi connectivity index (χ0n) is 20.2. The highest BCUT2D eigenvalue weighted by atomic mass is 32.2. The second-order valence-electron chi connectivity index (χ2n) is 8.48. The van der Waals surface area contributed by atoms with E-state index in [0.717, 1.165) is 33.1 Å². The predicted octanol–water partition coefficient (Wildman–Crippen LogP) is 6.53. The first-order valence-electron chi connectivity index (χ1n) is 11.9. The Morgan fingerprint density at radius 2 is 1.67 bits per heavy atom. The van der Waals surface area contributed by atoms with Crippen LogP contribution in [0.3, 0.4) is 0 Å². The number of carboxylic acids is 1. The van der Waals surface area contributed by atoms with Gasteiger partial charge in [0.25, 0.3) is 5.56 Å². The van der Waals surface area contributed by atoms with E-state index in [1.54, 1.807) is 22.4 Å². The van der Waals surface area contributed by atoms with Gasteiger partial charge in [0.05, 0.1) is 6.61 Å². The molecule has 3 aromatic carbocycles. The van der Waals surface area contributed by atoms with E-state index in [2.05, 4.69) is 31.2 Å². The van der Waals surface area contributed by atoms with Crippen molar-refractivity contribution in [1.82, 2.24) is 4.57 Å². The third kappa shape index (κ3) is 6.67. The summed E-state index contributed by atoms with van der Waals surface area (Å²) in [4.78, 5) is 24.3. The summed E-state index contributed by atoms with van der Waals surface area (Å²) in [7, 11) is 0. The van der Waals surface area contributed by atoms with E-state index in [1.807, 2.05) is 60.8 Å². The Balaban J connectivity index is 1.44. The molecular weight excluding hydrogens is 470 g/mol. The molecule has 4 aromatic rings. The Morgan fingerprint density at radius 1 is 0.917 bits per heavy atom. The third-order valence-electron chi connectivity index (χ3n) is 5.87. The molecule has 0 aliphatic heterocycles. The standard InChI is InChI=1S/C30H29NO4S/c1-22-8-2-3-11-26(22)28-13-5-4-12-27(28)23-15-16-29(32)31(21-23)17-19-36-25-10-6-9-24(20-25)35-18-7-14-30(33)34/h2-6,8-13,15-16,20-21H,7,14,17-19H2,1H3,(H,33,34). The molecule has 184 valence electrons. The van der Waals surface area contributed by atoms with Crippen molar-refractivity contribution in [2.24, 2.45) is 0 Å². The molecule has 0 unspecified atom stereocenters. The van der Waals surface area contributed by atoms with Crippen LogP contribution in [0.1, 0.15) is 18.4 Å². The highest BCUT2D eigenvalue weighted by Crippen LogP contribution is 2.33. The number of aliphatic carboxylic acids is 1. The molecule has 6 heteroatoms. The van der Waals surface area contributed by atoms with E-state index >= 15 is 0 Å². The molecule has 1 N–H and O–H groups in total. The molecule has 0 saturated carbocycles. The molecule has 0 aliphatic carbocycles. The average molecular weight is 500 g/mol. The molecule has 0 amide bonds. The van der Waals surface area contributed by atoms with Crippen molar-refractivity contribution in [3.05, 3.63) is 107 Å². The fourth-order valence-electron chi connectivity index (χ4n) is 4.04. The number of aryl methyl sites for hydroxylation is 2. The maximum absolute atomic E-state index is 12.6. The summed E-state index contributed by atoms with van der Waals surface area (Å²) in [6.45, 7) is 3.06. The van der Waals surface area contributed by atoms with Crippen LogP contribution < -0.4 is 10.3 Å². The lowest BCUT2D eigenvalue weighted by molar-refractivity contribution is -0.137. The summed E-state index contributed by atoms with van der Waals surface area (Å²) < 4.78 is 7.44. The number of carbonyl (C=O) groups is 1. The van der Waals surface area contributed by atoms with Gasteiger partial charge in [0.1, 0.15) is 5.75 Å². The van der Waals surface area contributed by atoms with E-state index in [1.165, 1.54) is 11.1 Å². The van der Waals surface area contributed by atoms with Crippen molar-refractivity contribution in [3.63, 3.8) is 0 Å². The van der Waals surface area contributed by atoms with Crippen molar-refractivity contribution in [1.29, 1.82) is 0 Å². The first-order valence-corrected chi connectivity index (χ1v) is 12.9. The first-order chi connectivity index (χ1) is 17.5. The van der Waals surface area contributed by atoms with Crippen LogP contribution in [0.25, 0.3) is 22.3 Å². The second kappa shape index (κ2) is 12.3. The average Bonchev–Trinajstić information content (AvgIpc) is 2.88. The lowest BCUT2D eigenvalue weighted by atomic mass is 9.93. The summed E-state index contributed by atoms with van der Waals surface area (Å²) >= 11 is 1.65.